The molecule has 3 aromatic carbocycles. The van der Waals surface area contributed by atoms with E-state index >= 15 is 0 Å². The molecule has 1 N–H and O–H groups in total. The number of benzene rings is 3. The zero-order chi connectivity index (χ0) is 18.4. The van der Waals surface area contributed by atoms with E-state index in [0.29, 0.717) is 22.9 Å². The maximum absolute atomic E-state index is 13.0. The molecule has 0 aliphatic heterocycles. The summed E-state index contributed by atoms with van der Waals surface area (Å²) in [4.78, 5) is 13.0. The number of Topliss-reactive ketones (excluding diaryl/α,β-unsaturated/α-hetero) is 1. The lowest BCUT2D eigenvalue weighted by atomic mass is 9.97. The summed E-state index contributed by atoms with van der Waals surface area (Å²) < 4.78 is 0. The largest absolute Gasteiger partial charge is 0.372 e. The summed E-state index contributed by atoms with van der Waals surface area (Å²) in [6.45, 7) is 0. The minimum absolute atomic E-state index is 0.131. The van der Waals surface area contributed by atoms with Crippen LogP contribution in [0.3, 0.4) is 0 Å². The number of hydrogen-bond acceptors (Lipinski definition) is 2. The second-order valence-corrected chi connectivity index (χ2v) is 6.88. The third kappa shape index (κ3) is 4.87. The van der Waals surface area contributed by atoms with Gasteiger partial charge in [0.1, 0.15) is 6.04 Å². The van der Waals surface area contributed by atoms with Crippen LogP contribution in [0.4, 0.5) is 5.69 Å². The Balaban J connectivity index is 1.78. The van der Waals surface area contributed by atoms with Crippen molar-refractivity contribution in [3.8, 4) is 0 Å². The zero-order valence-corrected chi connectivity index (χ0v) is 15.7. The minimum atomic E-state index is -0.433. The van der Waals surface area contributed by atoms with Gasteiger partial charge in [0.15, 0.2) is 5.78 Å². The van der Waals surface area contributed by atoms with E-state index in [-0.39, 0.29) is 5.78 Å². The van der Waals surface area contributed by atoms with Crippen molar-refractivity contribution >= 4 is 34.7 Å². The molecule has 1 unspecified atom stereocenters. The summed E-state index contributed by atoms with van der Waals surface area (Å²) in [6, 6.07) is 24.6. The molecule has 3 aromatic rings. The van der Waals surface area contributed by atoms with Crippen molar-refractivity contribution in [2.24, 2.45) is 0 Å². The first-order valence-electron chi connectivity index (χ1n) is 8.46. The second kappa shape index (κ2) is 8.88. The van der Waals surface area contributed by atoms with E-state index in [1.165, 1.54) is 0 Å². The van der Waals surface area contributed by atoms with Crippen molar-refractivity contribution in [3.05, 3.63) is 100 Å². The Morgan fingerprint density at radius 1 is 0.846 bits per heavy atom. The molecular weight excluding hydrogens is 365 g/mol. The number of anilines is 1. The number of hydrogen-bond donors (Lipinski definition) is 1. The number of halogens is 2. The minimum Gasteiger partial charge on any atom is -0.372 e. The molecule has 26 heavy (non-hydrogen) atoms. The van der Waals surface area contributed by atoms with Gasteiger partial charge in [-0.2, -0.15) is 0 Å². The molecule has 4 heteroatoms. The van der Waals surface area contributed by atoms with Crippen molar-refractivity contribution in [3.63, 3.8) is 0 Å². The first-order valence-corrected chi connectivity index (χ1v) is 9.22. The van der Waals surface area contributed by atoms with E-state index in [0.717, 1.165) is 16.8 Å². The van der Waals surface area contributed by atoms with Crippen LogP contribution in [0.5, 0.6) is 0 Å². The highest BCUT2D eigenvalue weighted by Crippen LogP contribution is 2.28. The van der Waals surface area contributed by atoms with E-state index in [1.54, 1.807) is 12.1 Å². The fraction of sp³-hybridized carbons (Fsp3) is 0.136. The van der Waals surface area contributed by atoms with Crippen molar-refractivity contribution in [2.75, 3.05) is 5.32 Å². The Morgan fingerprint density at radius 3 is 2.15 bits per heavy atom. The predicted molar refractivity (Wildman–Crippen MR) is 109 cm³/mol. The van der Waals surface area contributed by atoms with Gasteiger partial charge in [0, 0.05) is 12.1 Å². The van der Waals surface area contributed by atoms with E-state index in [9.17, 15) is 4.79 Å². The molecule has 0 saturated heterocycles. The van der Waals surface area contributed by atoms with Crippen LogP contribution >= 0.6 is 23.2 Å². The molecule has 0 bridgehead atoms. The second-order valence-electron chi connectivity index (χ2n) is 6.07. The highest BCUT2D eigenvalue weighted by Gasteiger charge is 2.20. The number of aryl methyl sites for hydroxylation is 1. The molecule has 0 spiro atoms. The van der Waals surface area contributed by atoms with E-state index in [2.05, 4.69) is 5.32 Å². The summed E-state index contributed by atoms with van der Waals surface area (Å²) in [5, 5.41) is 4.25. The molecule has 0 amide bonds. The topological polar surface area (TPSA) is 29.1 Å². The Morgan fingerprint density at radius 2 is 1.50 bits per heavy atom. The number of nitrogens with one attached hydrogen (secondary N) is 1. The van der Waals surface area contributed by atoms with Gasteiger partial charge in [0.25, 0.3) is 0 Å². The number of carbonyl (C=O) groups excluding carboxylic acids is 1. The van der Waals surface area contributed by atoms with Crippen LogP contribution in [0.1, 0.15) is 23.6 Å². The Hall–Kier alpha value is -2.29. The highest BCUT2D eigenvalue weighted by atomic mass is 35.5. The van der Waals surface area contributed by atoms with E-state index in [4.69, 9.17) is 23.2 Å². The Labute approximate surface area is 163 Å². The molecule has 0 aromatic heterocycles. The lowest BCUT2D eigenvalue weighted by molar-refractivity contribution is -0.119. The van der Waals surface area contributed by atoms with Gasteiger partial charge in [-0.3, -0.25) is 4.79 Å². The molecule has 1 atom stereocenters. The van der Waals surface area contributed by atoms with Gasteiger partial charge in [0.2, 0.25) is 0 Å². The molecule has 0 aliphatic carbocycles. The molecule has 0 fully saturated rings. The standard InChI is InChI=1S/C22H19Cl2NO/c23-19-13-12-18(15-20(19)24)25-22(17-9-5-2-6-10-17)21(26)14-11-16-7-3-1-4-8-16/h1-10,12-13,15,22,25H,11,14H2. The van der Waals surface area contributed by atoms with Gasteiger partial charge >= 0.3 is 0 Å². The average molecular weight is 384 g/mol. The maximum Gasteiger partial charge on any atom is 0.159 e. The summed E-state index contributed by atoms with van der Waals surface area (Å²) in [6.07, 6.45) is 1.17. The molecule has 0 saturated carbocycles. The number of carbonyl (C=O) groups is 1. The summed E-state index contributed by atoms with van der Waals surface area (Å²) >= 11 is 12.1. The smallest absolute Gasteiger partial charge is 0.159 e. The van der Waals surface area contributed by atoms with Gasteiger partial charge in [-0.15, -0.1) is 0 Å². The SMILES string of the molecule is O=C(CCc1ccccc1)C(Nc1ccc(Cl)c(Cl)c1)c1ccccc1. The first kappa shape index (κ1) is 18.5. The first-order chi connectivity index (χ1) is 12.6. The third-order valence-corrected chi connectivity index (χ3v) is 4.93. The van der Waals surface area contributed by atoms with Crippen molar-refractivity contribution in [1.29, 1.82) is 0 Å². The molecular formula is C22H19Cl2NO. The van der Waals surface area contributed by atoms with Crippen LogP contribution in [0, 0.1) is 0 Å². The van der Waals surface area contributed by atoms with E-state index < -0.39 is 6.04 Å². The normalized spacial score (nSPS) is 11.8. The zero-order valence-electron chi connectivity index (χ0n) is 14.2. The molecule has 0 radical (unpaired) electrons. The third-order valence-electron chi connectivity index (χ3n) is 4.19. The van der Waals surface area contributed by atoms with Crippen LogP contribution in [-0.4, -0.2) is 5.78 Å². The molecule has 0 aliphatic rings. The molecule has 3 rings (SSSR count). The van der Waals surface area contributed by atoms with Gasteiger partial charge in [0.05, 0.1) is 10.0 Å². The van der Waals surface area contributed by atoms with Crippen LogP contribution in [0.15, 0.2) is 78.9 Å². The van der Waals surface area contributed by atoms with Crippen molar-refractivity contribution in [2.45, 2.75) is 18.9 Å². The lowest BCUT2D eigenvalue weighted by Gasteiger charge is -2.20. The monoisotopic (exact) mass is 383 g/mol. The van der Waals surface area contributed by atoms with Crippen molar-refractivity contribution < 1.29 is 4.79 Å². The molecule has 132 valence electrons. The lowest BCUT2D eigenvalue weighted by Crippen LogP contribution is -2.21. The van der Waals surface area contributed by atoms with Gasteiger partial charge in [-0.05, 0) is 35.7 Å². The molecule has 0 heterocycles. The molecule has 2 nitrogen and oxygen atoms in total. The fourth-order valence-electron chi connectivity index (χ4n) is 2.80. The van der Waals surface area contributed by atoms with Crippen LogP contribution in [0.2, 0.25) is 10.0 Å². The average Bonchev–Trinajstić information content (AvgIpc) is 2.68. The summed E-state index contributed by atoms with van der Waals surface area (Å²) in [5.74, 6) is 0.131. The van der Waals surface area contributed by atoms with Crippen LogP contribution in [-0.2, 0) is 11.2 Å². The van der Waals surface area contributed by atoms with Crippen LogP contribution < -0.4 is 5.32 Å². The maximum atomic E-state index is 13.0. The van der Waals surface area contributed by atoms with Gasteiger partial charge in [-0.25, -0.2) is 0 Å². The highest BCUT2D eigenvalue weighted by molar-refractivity contribution is 6.42. The predicted octanol–water partition coefficient (Wildman–Crippen LogP) is 6.35. The quantitative estimate of drug-likeness (QED) is 0.514. The van der Waals surface area contributed by atoms with E-state index in [1.807, 2.05) is 66.7 Å². The summed E-state index contributed by atoms with van der Waals surface area (Å²) in [5.41, 5.74) is 2.85. The van der Waals surface area contributed by atoms with Gasteiger partial charge in [-0.1, -0.05) is 83.9 Å². The Kier molecular flexibility index (Phi) is 6.32. The van der Waals surface area contributed by atoms with Crippen LogP contribution in [0.25, 0.3) is 0 Å². The Bertz CT molecular complexity index is 866. The van der Waals surface area contributed by atoms with Gasteiger partial charge < -0.3 is 5.32 Å². The fourth-order valence-corrected chi connectivity index (χ4v) is 3.10. The summed E-state index contributed by atoms with van der Waals surface area (Å²) in [7, 11) is 0. The number of ketones is 1. The number of rotatable bonds is 7. The van der Waals surface area contributed by atoms with Crippen molar-refractivity contribution in [1.82, 2.24) is 0 Å².